The molecule has 0 heteroatoms. The molecule has 0 nitrogen and oxygen atoms in total. The van der Waals surface area contributed by atoms with Gasteiger partial charge in [0.05, 0.1) is 0 Å². The summed E-state index contributed by atoms with van der Waals surface area (Å²) in [5.41, 5.74) is 3.09. The Hall–Kier alpha value is -0.520. The lowest BCUT2D eigenvalue weighted by molar-refractivity contribution is 0.810. The molecule has 0 aromatic rings. The molecule has 0 aliphatic heterocycles. The molecule has 1 aliphatic rings. The van der Waals surface area contributed by atoms with Gasteiger partial charge in [0.1, 0.15) is 0 Å². The highest BCUT2D eigenvalue weighted by atomic mass is 14.0. The van der Waals surface area contributed by atoms with E-state index >= 15 is 0 Å². The topological polar surface area (TPSA) is 0 Å². The Balaban J connectivity index is 2.55. The molecule has 0 aromatic carbocycles. The first kappa shape index (κ1) is 7.59. The molecule has 10 heavy (non-hydrogen) atoms. The van der Waals surface area contributed by atoms with Crippen LogP contribution >= 0.6 is 0 Å². The van der Waals surface area contributed by atoms with Gasteiger partial charge < -0.3 is 0 Å². The molecule has 0 bridgehead atoms. The normalized spacial score (nSPS) is 20.6. The molecule has 0 radical (unpaired) electrons. The van der Waals surface area contributed by atoms with Gasteiger partial charge in [-0.25, -0.2) is 0 Å². The Morgan fingerprint density at radius 2 is 1.90 bits per heavy atom. The quantitative estimate of drug-likeness (QED) is 0.447. The van der Waals surface area contributed by atoms with E-state index in [-0.39, 0.29) is 0 Å². The lowest BCUT2D eigenvalue weighted by Crippen LogP contribution is -1.84. The van der Waals surface area contributed by atoms with Gasteiger partial charge in [0, 0.05) is 0 Å². The second-order valence-corrected chi connectivity index (χ2v) is 3.20. The van der Waals surface area contributed by atoms with Crippen molar-refractivity contribution in [3.05, 3.63) is 23.3 Å². The van der Waals surface area contributed by atoms with Crippen LogP contribution in [0.25, 0.3) is 0 Å². The Morgan fingerprint density at radius 1 is 1.10 bits per heavy atom. The van der Waals surface area contributed by atoms with Crippen LogP contribution in [0, 0.1) is 0 Å². The van der Waals surface area contributed by atoms with Crippen molar-refractivity contribution in [2.75, 3.05) is 0 Å². The molecule has 0 heterocycles. The molecule has 0 spiro atoms. The SMILES string of the molecule is CC1=CCCCC(C)=CC1. The van der Waals surface area contributed by atoms with E-state index in [4.69, 9.17) is 0 Å². The van der Waals surface area contributed by atoms with Gasteiger partial charge in [-0.3, -0.25) is 0 Å². The van der Waals surface area contributed by atoms with Gasteiger partial charge in [0.25, 0.3) is 0 Å². The van der Waals surface area contributed by atoms with Gasteiger partial charge in [-0.2, -0.15) is 0 Å². The highest BCUT2D eigenvalue weighted by molar-refractivity contribution is 5.11. The van der Waals surface area contributed by atoms with Crippen molar-refractivity contribution < 1.29 is 0 Å². The molecule has 0 unspecified atom stereocenters. The second kappa shape index (κ2) is 3.60. The fourth-order valence-corrected chi connectivity index (χ4v) is 1.25. The molecule has 0 atom stereocenters. The zero-order valence-electron chi connectivity index (χ0n) is 6.98. The molecule has 0 aromatic heterocycles. The minimum atomic E-state index is 1.17. The Bertz CT molecular complexity index is 161. The average Bonchev–Trinajstić information content (AvgIpc) is 1.90. The zero-order valence-corrected chi connectivity index (χ0v) is 6.98. The van der Waals surface area contributed by atoms with Crippen molar-refractivity contribution in [1.82, 2.24) is 0 Å². The minimum absolute atomic E-state index is 1.17. The largest absolute Gasteiger partial charge is 0.0853 e. The lowest BCUT2D eigenvalue weighted by atomic mass is 10.0. The average molecular weight is 136 g/mol. The first-order valence-corrected chi connectivity index (χ1v) is 4.10. The Kier molecular flexibility index (Phi) is 2.73. The van der Waals surface area contributed by atoms with E-state index in [1.54, 1.807) is 5.57 Å². The third-order valence-electron chi connectivity index (χ3n) is 2.04. The Morgan fingerprint density at radius 3 is 2.70 bits per heavy atom. The highest BCUT2D eigenvalue weighted by Gasteiger charge is 1.95. The number of hydrogen-bond donors (Lipinski definition) is 0. The zero-order chi connectivity index (χ0) is 7.40. The van der Waals surface area contributed by atoms with Crippen LogP contribution in [0.1, 0.15) is 39.5 Å². The summed E-state index contributed by atoms with van der Waals surface area (Å²) in [5, 5.41) is 0. The van der Waals surface area contributed by atoms with Gasteiger partial charge in [-0.15, -0.1) is 0 Å². The highest BCUT2D eigenvalue weighted by Crippen LogP contribution is 2.15. The summed E-state index contributed by atoms with van der Waals surface area (Å²) in [5.74, 6) is 0. The third kappa shape index (κ3) is 2.38. The molecule has 0 amide bonds. The molecule has 0 saturated carbocycles. The van der Waals surface area contributed by atoms with Gasteiger partial charge in [0.15, 0.2) is 0 Å². The van der Waals surface area contributed by atoms with Crippen molar-refractivity contribution in [2.45, 2.75) is 39.5 Å². The predicted molar refractivity (Wildman–Crippen MR) is 46.0 cm³/mol. The fraction of sp³-hybridized carbons (Fsp3) is 0.600. The van der Waals surface area contributed by atoms with Crippen LogP contribution in [0.15, 0.2) is 23.3 Å². The van der Waals surface area contributed by atoms with E-state index in [2.05, 4.69) is 26.0 Å². The van der Waals surface area contributed by atoms with E-state index < -0.39 is 0 Å². The summed E-state index contributed by atoms with van der Waals surface area (Å²) < 4.78 is 0. The van der Waals surface area contributed by atoms with Crippen LogP contribution in [0.3, 0.4) is 0 Å². The summed E-state index contributed by atoms with van der Waals surface area (Å²) in [4.78, 5) is 0. The minimum Gasteiger partial charge on any atom is -0.0853 e. The van der Waals surface area contributed by atoms with Crippen molar-refractivity contribution in [3.8, 4) is 0 Å². The predicted octanol–water partition coefficient (Wildman–Crippen LogP) is 3.45. The van der Waals surface area contributed by atoms with E-state index in [0.717, 1.165) is 0 Å². The van der Waals surface area contributed by atoms with Crippen LogP contribution in [0.5, 0.6) is 0 Å². The van der Waals surface area contributed by atoms with E-state index in [9.17, 15) is 0 Å². The first-order valence-electron chi connectivity index (χ1n) is 4.10. The third-order valence-corrected chi connectivity index (χ3v) is 2.04. The van der Waals surface area contributed by atoms with Crippen LogP contribution in [-0.4, -0.2) is 0 Å². The smallest absolute Gasteiger partial charge is 0.0139 e. The van der Waals surface area contributed by atoms with Crippen molar-refractivity contribution >= 4 is 0 Å². The first-order chi connectivity index (χ1) is 4.79. The summed E-state index contributed by atoms with van der Waals surface area (Å²) in [6.45, 7) is 4.45. The van der Waals surface area contributed by atoms with Crippen LogP contribution in [0.2, 0.25) is 0 Å². The van der Waals surface area contributed by atoms with Gasteiger partial charge in [-0.1, -0.05) is 23.3 Å². The number of allylic oxidation sites excluding steroid dienone is 4. The fourth-order valence-electron chi connectivity index (χ4n) is 1.25. The van der Waals surface area contributed by atoms with Crippen molar-refractivity contribution in [3.63, 3.8) is 0 Å². The summed E-state index contributed by atoms with van der Waals surface area (Å²) in [6, 6.07) is 0. The Labute approximate surface area is 63.6 Å². The van der Waals surface area contributed by atoms with Crippen LogP contribution < -0.4 is 0 Å². The van der Waals surface area contributed by atoms with Gasteiger partial charge >= 0.3 is 0 Å². The van der Waals surface area contributed by atoms with Gasteiger partial charge in [-0.05, 0) is 39.5 Å². The summed E-state index contributed by atoms with van der Waals surface area (Å²) in [6.07, 6.45) is 9.79. The standard InChI is InChI=1S/C10H16/c1-9-5-3-4-6-10(2)8-7-9/h5,8H,3-4,6-7H2,1-2H3. The van der Waals surface area contributed by atoms with E-state index in [1.807, 2.05) is 0 Å². The lowest BCUT2D eigenvalue weighted by Gasteiger charge is -2.05. The second-order valence-electron chi connectivity index (χ2n) is 3.20. The molecule has 1 rings (SSSR count). The molecular weight excluding hydrogens is 120 g/mol. The molecule has 56 valence electrons. The van der Waals surface area contributed by atoms with Crippen LogP contribution in [-0.2, 0) is 0 Å². The monoisotopic (exact) mass is 136 g/mol. The molecule has 0 saturated heterocycles. The molecule has 0 fully saturated rings. The van der Waals surface area contributed by atoms with Crippen molar-refractivity contribution in [1.29, 1.82) is 0 Å². The van der Waals surface area contributed by atoms with Gasteiger partial charge in [0.2, 0.25) is 0 Å². The number of rotatable bonds is 0. The molecule has 0 N–H and O–H groups in total. The van der Waals surface area contributed by atoms with Crippen molar-refractivity contribution in [2.24, 2.45) is 0 Å². The van der Waals surface area contributed by atoms with Crippen LogP contribution in [0.4, 0.5) is 0 Å². The van der Waals surface area contributed by atoms with E-state index in [0.29, 0.717) is 0 Å². The maximum atomic E-state index is 2.36. The maximum absolute atomic E-state index is 2.36. The molecule has 1 aliphatic carbocycles. The maximum Gasteiger partial charge on any atom is -0.0139 e. The molecular formula is C10H16. The number of hydrogen-bond acceptors (Lipinski definition) is 0. The summed E-state index contributed by atoms with van der Waals surface area (Å²) in [7, 11) is 0. The summed E-state index contributed by atoms with van der Waals surface area (Å²) >= 11 is 0. The van der Waals surface area contributed by atoms with E-state index in [1.165, 1.54) is 31.3 Å².